The summed E-state index contributed by atoms with van der Waals surface area (Å²) in [5.41, 5.74) is 10.6. The van der Waals surface area contributed by atoms with Crippen LogP contribution in [0.1, 0.15) is 0 Å². The molecule has 0 bridgehead atoms. The minimum absolute atomic E-state index is 0.792. The van der Waals surface area contributed by atoms with Gasteiger partial charge in [-0.1, -0.05) is 127 Å². The van der Waals surface area contributed by atoms with Crippen molar-refractivity contribution in [2.24, 2.45) is 0 Å². The van der Waals surface area contributed by atoms with E-state index in [1.165, 1.54) is 54.6 Å². The van der Waals surface area contributed by atoms with E-state index >= 15 is 0 Å². The van der Waals surface area contributed by atoms with Gasteiger partial charge in [0.15, 0.2) is 11.2 Å². The van der Waals surface area contributed by atoms with Crippen LogP contribution in [0, 0.1) is 0 Å². The highest BCUT2D eigenvalue weighted by atomic mass is 16.4. The first-order valence-corrected chi connectivity index (χ1v) is 17.1. The van der Waals surface area contributed by atoms with Crippen molar-refractivity contribution in [1.29, 1.82) is 0 Å². The third kappa shape index (κ3) is 3.96. The van der Waals surface area contributed by atoms with Crippen LogP contribution in [0.5, 0.6) is 0 Å². The highest BCUT2D eigenvalue weighted by molar-refractivity contribution is 6.22. The Morgan fingerprint density at radius 2 is 0.760 bits per heavy atom. The summed E-state index contributed by atoms with van der Waals surface area (Å²) >= 11 is 0. The zero-order valence-corrected chi connectivity index (χ0v) is 27.0. The number of hydrogen-bond donors (Lipinski definition) is 0. The molecule has 2 heteroatoms. The molecule has 0 fully saturated rings. The van der Waals surface area contributed by atoms with Crippen LogP contribution in [0.3, 0.4) is 0 Å². The standard InChI is InChI=1S/C48H28O2/c1-2-11-29(12-3-1)45-35-17-6-8-19-37(35)46(38-20-9-7-18-36(38)45)34-16-10-15-30(25-34)33-21-24-43-41(27-33)39-22-23-40-42-26-31-13-4-5-14-32(31)28-44(42)50-48(40)47(39)49-43/h1-28H. The summed E-state index contributed by atoms with van der Waals surface area (Å²) in [4.78, 5) is 0. The van der Waals surface area contributed by atoms with Crippen LogP contribution in [-0.2, 0) is 0 Å². The predicted molar refractivity (Wildman–Crippen MR) is 210 cm³/mol. The van der Waals surface area contributed by atoms with Crippen LogP contribution in [0.2, 0.25) is 0 Å². The van der Waals surface area contributed by atoms with E-state index in [1.807, 2.05) is 0 Å². The molecule has 0 saturated heterocycles. The summed E-state index contributed by atoms with van der Waals surface area (Å²) in [7, 11) is 0. The van der Waals surface area contributed by atoms with Crippen LogP contribution in [0.4, 0.5) is 0 Å². The topological polar surface area (TPSA) is 26.3 Å². The summed E-state index contributed by atoms with van der Waals surface area (Å²) in [5, 5.41) is 11.7. The van der Waals surface area contributed by atoms with Crippen molar-refractivity contribution in [1.82, 2.24) is 0 Å². The Labute approximate surface area is 287 Å². The van der Waals surface area contributed by atoms with Gasteiger partial charge in [0.2, 0.25) is 0 Å². The highest BCUT2D eigenvalue weighted by Gasteiger charge is 2.19. The molecule has 2 aromatic heterocycles. The van der Waals surface area contributed by atoms with Gasteiger partial charge in [0.1, 0.15) is 11.2 Å². The first-order valence-electron chi connectivity index (χ1n) is 17.1. The highest BCUT2D eigenvalue weighted by Crippen LogP contribution is 2.45. The van der Waals surface area contributed by atoms with Crippen LogP contribution in [-0.4, -0.2) is 0 Å². The molecule has 50 heavy (non-hydrogen) atoms. The van der Waals surface area contributed by atoms with Gasteiger partial charge in [0.25, 0.3) is 0 Å². The van der Waals surface area contributed by atoms with E-state index in [1.54, 1.807) is 0 Å². The Morgan fingerprint density at radius 1 is 0.260 bits per heavy atom. The number of furan rings is 2. The summed E-state index contributed by atoms with van der Waals surface area (Å²) in [6.45, 7) is 0. The fraction of sp³-hybridized carbons (Fsp3) is 0. The van der Waals surface area contributed by atoms with E-state index in [2.05, 4.69) is 170 Å². The van der Waals surface area contributed by atoms with Crippen molar-refractivity contribution in [2.45, 2.75) is 0 Å². The molecule has 0 aliphatic carbocycles. The predicted octanol–water partition coefficient (Wildman–Crippen LogP) is 13.9. The second-order valence-corrected chi connectivity index (χ2v) is 13.2. The fourth-order valence-corrected chi connectivity index (χ4v) is 8.14. The maximum Gasteiger partial charge on any atom is 0.178 e. The van der Waals surface area contributed by atoms with E-state index < -0.39 is 0 Å². The minimum atomic E-state index is 0.792. The fourth-order valence-electron chi connectivity index (χ4n) is 8.14. The lowest BCUT2D eigenvalue weighted by atomic mass is 9.85. The van der Waals surface area contributed by atoms with E-state index in [4.69, 9.17) is 8.83 Å². The van der Waals surface area contributed by atoms with Gasteiger partial charge in [-0.05, 0) is 108 Å². The molecule has 11 rings (SSSR count). The van der Waals surface area contributed by atoms with Crippen molar-refractivity contribution < 1.29 is 8.83 Å². The van der Waals surface area contributed by atoms with Crippen molar-refractivity contribution in [3.05, 3.63) is 170 Å². The molecule has 11 aromatic rings. The molecule has 0 aliphatic rings. The lowest BCUT2D eigenvalue weighted by Gasteiger charge is -2.18. The SMILES string of the molecule is c1ccc(-c2c3ccccc3c(-c3cccc(-c4ccc5oc6c(ccc7c8cc9ccccc9cc8oc76)c5c4)c3)c3ccccc23)cc1. The second kappa shape index (κ2) is 10.4. The van der Waals surface area contributed by atoms with Gasteiger partial charge in [-0.25, -0.2) is 0 Å². The minimum Gasteiger partial charge on any atom is -0.452 e. The maximum atomic E-state index is 6.53. The normalized spacial score (nSPS) is 12.0. The third-order valence-corrected chi connectivity index (χ3v) is 10.4. The average molecular weight is 637 g/mol. The van der Waals surface area contributed by atoms with Crippen LogP contribution < -0.4 is 0 Å². The van der Waals surface area contributed by atoms with E-state index in [-0.39, 0.29) is 0 Å². The molecule has 0 aliphatic heterocycles. The zero-order chi connectivity index (χ0) is 32.8. The molecule has 0 N–H and O–H groups in total. The smallest absolute Gasteiger partial charge is 0.178 e. The Kier molecular flexibility index (Phi) is 5.70. The Balaban J connectivity index is 1.09. The molecule has 2 nitrogen and oxygen atoms in total. The van der Waals surface area contributed by atoms with Gasteiger partial charge >= 0.3 is 0 Å². The monoisotopic (exact) mass is 636 g/mol. The molecular formula is C48H28O2. The number of fused-ring (bicyclic) bond motifs is 10. The largest absolute Gasteiger partial charge is 0.452 e. The van der Waals surface area contributed by atoms with Gasteiger partial charge in [0, 0.05) is 21.5 Å². The Morgan fingerprint density at radius 3 is 1.44 bits per heavy atom. The van der Waals surface area contributed by atoms with E-state index in [0.29, 0.717) is 0 Å². The first-order chi connectivity index (χ1) is 24.8. The van der Waals surface area contributed by atoms with Crippen molar-refractivity contribution in [2.75, 3.05) is 0 Å². The van der Waals surface area contributed by atoms with Crippen LogP contribution in [0.25, 0.3) is 110 Å². The first kappa shape index (κ1) is 27.3. The number of rotatable bonds is 3. The molecule has 232 valence electrons. The maximum absolute atomic E-state index is 6.53. The summed E-state index contributed by atoms with van der Waals surface area (Å²) in [6, 6.07) is 61.0. The number of hydrogen-bond acceptors (Lipinski definition) is 2. The summed E-state index contributed by atoms with van der Waals surface area (Å²) in [5.74, 6) is 0. The average Bonchev–Trinajstić information content (AvgIpc) is 3.74. The van der Waals surface area contributed by atoms with E-state index in [0.717, 1.165) is 55.0 Å². The van der Waals surface area contributed by atoms with Crippen LogP contribution >= 0.6 is 0 Å². The quantitative estimate of drug-likeness (QED) is 0.180. The van der Waals surface area contributed by atoms with Crippen molar-refractivity contribution in [3.63, 3.8) is 0 Å². The molecule has 0 spiro atoms. The lowest BCUT2D eigenvalue weighted by molar-refractivity contribution is 0.633. The number of benzene rings is 9. The summed E-state index contributed by atoms with van der Waals surface area (Å²) < 4.78 is 13.0. The molecule has 0 radical (unpaired) electrons. The molecule has 0 unspecified atom stereocenters. The zero-order valence-electron chi connectivity index (χ0n) is 27.0. The summed E-state index contributed by atoms with van der Waals surface area (Å²) in [6.07, 6.45) is 0. The van der Waals surface area contributed by atoms with Gasteiger partial charge < -0.3 is 8.83 Å². The van der Waals surface area contributed by atoms with Gasteiger partial charge in [-0.2, -0.15) is 0 Å². The van der Waals surface area contributed by atoms with Crippen molar-refractivity contribution >= 4 is 76.2 Å². The Hall–Kier alpha value is -6.64. The molecule has 0 atom stereocenters. The third-order valence-electron chi connectivity index (χ3n) is 10.4. The van der Waals surface area contributed by atoms with E-state index in [9.17, 15) is 0 Å². The van der Waals surface area contributed by atoms with Gasteiger partial charge in [-0.3, -0.25) is 0 Å². The molecular weight excluding hydrogens is 609 g/mol. The molecule has 0 amide bonds. The van der Waals surface area contributed by atoms with Crippen LogP contribution in [0.15, 0.2) is 179 Å². The van der Waals surface area contributed by atoms with Gasteiger partial charge in [-0.15, -0.1) is 0 Å². The van der Waals surface area contributed by atoms with Crippen molar-refractivity contribution in [3.8, 4) is 33.4 Å². The lowest BCUT2D eigenvalue weighted by Crippen LogP contribution is -1.91. The Bertz CT molecular complexity index is 3080. The van der Waals surface area contributed by atoms with Gasteiger partial charge in [0.05, 0.1) is 0 Å². The molecule has 9 aromatic carbocycles. The molecule has 0 saturated carbocycles. The second-order valence-electron chi connectivity index (χ2n) is 13.2. The molecule has 2 heterocycles.